The standard InChI is InChI=1S/C18H23N3/c1-4-19-11-15-9-13(2)18(20-12-15)21-14(3)10-16-7-5-6-8-17(16)21/h5-9,12,14,19H,4,10-11H2,1-3H3. The summed E-state index contributed by atoms with van der Waals surface area (Å²) in [6.45, 7) is 8.42. The van der Waals surface area contributed by atoms with Crippen molar-refractivity contribution in [2.45, 2.75) is 39.8 Å². The van der Waals surface area contributed by atoms with E-state index in [1.54, 1.807) is 0 Å². The van der Waals surface area contributed by atoms with Crippen molar-refractivity contribution in [2.75, 3.05) is 11.4 Å². The highest BCUT2D eigenvalue weighted by Gasteiger charge is 2.28. The minimum Gasteiger partial charge on any atom is -0.323 e. The van der Waals surface area contributed by atoms with Crippen molar-refractivity contribution in [1.82, 2.24) is 10.3 Å². The molecule has 0 fully saturated rings. The molecule has 0 aliphatic carbocycles. The average Bonchev–Trinajstić information content (AvgIpc) is 2.81. The normalized spacial score (nSPS) is 17.1. The summed E-state index contributed by atoms with van der Waals surface area (Å²) in [5.74, 6) is 1.09. The van der Waals surface area contributed by atoms with E-state index in [1.807, 2.05) is 6.20 Å². The summed E-state index contributed by atoms with van der Waals surface area (Å²) in [4.78, 5) is 7.13. The third kappa shape index (κ3) is 2.66. The number of aromatic nitrogens is 1. The van der Waals surface area contributed by atoms with Gasteiger partial charge < -0.3 is 10.2 Å². The van der Waals surface area contributed by atoms with Gasteiger partial charge in [0.1, 0.15) is 5.82 Å². The predicted molar refractivity (Wildman–Crippen MR) is 88.1 cm³/mol. The van der Waals surface area contributed by atoms with Crippen LogP contribution in [0.2, 0.25) is 0 Å². The second-order valence-corrected chi connectivity index (χ2v) is 5.82. The fraction of sp³-hybridized carbons (Fsp3) is 0.389. The number of para-hydroxylation sites is 1. The van der Waals surface area contributed by atoms with E-state index >= 15 is 0 Å². The van der Waals surface area contributed by atoms with E-state index in [-0.39, 0.29) is 0 Å². The number of benzene rings is 1. The molecule has 1 aliphatic rings. The van der Waals surface area contributed by atoms with Crippen molar-refractivity contribution in [1.29, 1.82) is 0 Å². The van der Waals surface area contributed by atoms with Crippen LogP contribution in [0.4, 0.5) is 11.5 Å². The predicted octanol–water partition coefficient (Wildman–Crippen LogP) is 3.58. The van der Waals surface area contributed by atoms with Crippen molar-refractivity contribution in [3.05, 3.63) is 53.2 Å². The molecule has 0 saturated heterocycles. The molecule has 3 rings (SSSR count). The minimum atomic E-state index is 0.466. The Kier molecular flexibility index (Phi) is 3.93. The Morgan fingerprint density at radius 1 is 1.33 bits per heavy atom. The minimum absolute atomic E-state index is 0.466. The summed E-state index contributed by atoms with van der Waals surface area (Å²) in [6, 6.07) is 11.4. The van der Waals surface area contributed by atoms with Gasteiger partial charge in [0.2, 0.25) is 0 Å². The fourth-order valence-electron chi connectivity index (χ4n) is 3.13. The van der Waals surface area contributed by atoms with Crippen molar-refractivity contribution in [3.63, 3.8) is 0 Å². The van der Waals surface area contributed by atoms with Crippen molar-refractivity contribution in [3.8, 4) is 0 Å². The van der Waals surface area contributed by atoms with Gasteiger partial charge in [-0.2, -0.15) is 0 Å². The number of hydrogen-bond donors (Lipinski definition) is 1. The largest absolute Gasteiger partial charge is 0.323 e. The molecule has 0 bridgehead atoms. The number of anilines is 2. The molecule has 1 aromatic carbocycles. The van der Waals surface area contributed by atoms with E-state index in [4.69, 9.17) is 4.98 Å². The van der Waals surface area contributed by atoms with Gasteiger partial charge in [0.15, 0.2) is 0 Å². The zero-order valence-electron chi connectivity index (χ0n) is 13.1. The van der Waals surface area contributed by atoms with E-state index in [2.05, 4.69) is 61.3 Å². The monoisotopic (exact) mass is 281 g/mol. The molecule has 0 radical (unpaired) electrons. The van der Waals surface area contributed by atoms with E-state index in [0.29, 0.717) is 6.04 Å². The highest BCUT2D eigenvalue weighted by atomic mass is 15.2. The van der Waals surface area contributed by atoms with Crippen LogP contribution in [0.15, 0.2) is 36.5 Å². The highest BCUT2D eigenvalue weighted by molar-refractivity contribution is 5.70. The first-order valence-electron chi connectivity index (χ1n) is 7.74. The average molecular weight is 281 g/mol. The molecule has 1 atom stereocenters. The van der Waals surface area contributed by atoms with E-state index in [0.717, 1.165) is 25.3 Å². The number of rotatable bonds is 4. The van der Waals surface area contributed by atoms with Gasteiger partial charge in [0, 0.05) is 24.5 Å². The third-order valence-electron chi connectivity index (χ3n) is 4.12. The van der Waals surface area contributed by atoms with E-state index in [1.165, 1.54) is 22.4 Å². The second kappa shape index (κ2) is 5.86. The fourth-order valence-corrected chi connectivity index (χ4v) is 3.13. The zero-order valence-corrected chi connectivity index (χ0v) is 13.1. The van der Waals surface area contributed by atoms with Gasteiger partial charge in [-0.1, -0.05) is 25.1 Å². The molecular formula is C18H23N3. The lowest BCUT2D eigenvalue weighted by atomic mass is 10.1. The Bertz CT molecular complexity index is 636. The molecule has 2 heterocycles. The van der Waals surface area contributed by atoms with E-state index in [9.17, 15) is 0 Å². The maximum Gasteiger partial charge on any atom is 0.136 e. The van der Waals surface area contributed by atoms with Gasteiger partial charge in [-0.15, -0.1) is 0 Å². The maximum atomic E-state index is 4.75. The topological polar surface area (TPSA) is 28.2 Å². The first-order valence-corrected chi connectivity index (χ1v) is 7.74. The van der Waals surface area contributed by atoms with Crippen molar-refractivity contribution < 1.29 is 0 Å². The SMILES string of the molecule is CCNCc1cnc(N2c3ccccc3CC2C)c(C)c1. The Labute approximate surface area is 127 Å². The zero-order chi connectivity index (χ0) is 14.8. The molecule has 1 N–H and O–H groups in total. The van der Waals surface area contributed by atoms with Crippen LogP contribution in [0.3, 0.4) is 0 Å². The number of pyridine rings is 1. The summed E-state index contributed by atoms with van der Waals surface area (Å²) >= 11 is 0. The lowest BCUT2D eigenvalue weighted by Gasteiger charge is -2.25. The van der Waals surface area contributed by atoms with Gasteiger partial charge >= 0.3 is 0 Å². The van der Waals surface area contributed by atoms with Crippen LogP contribution in [0.25, 0.3) is 0 Å². The lowest BCUT2D eigenvalue weighted by molar-refractivity contribution is 0.720. The Morgan fingerprint density at radius 2 is 2.14 bits per heavy atom. The summed E-state index contributed by atoms with van der Waals surface area (Å²) in [7, 11) is 0. The first kappa shape index (κ1) is 14.1. The molecular weight excluding hydrogens is 258 g/mol. The molecule has 1 aliphatic heterocycles. The first-order chi connectivity index (χ1) is 10.2. The Morgan fingerprint density at radius 3 is 2.90 bits per heavy atom. The van der Waals surface area contributed by atoms with Crippen LogP contribution < -0.4 is 10.2 Å². The van der Waals surface area contributed by atoms with Gasteiger partial charge in [-0.25, -0.2) is 4.98 Å². The van der Waals surface area contributed by atoms with Gasteiger partial charge in [-0.05, 0) is 55.6 Å². The molecule has 0 spiro atoms. The summed E-state index contributed by atoms with van der Waals surface area (Å²) in [5.41, 5.74) is 5.22. The molecule has 0 saturated carbocycles. The molecule has 0 amide bonds. The maximum absolute atomic E-state index is 4.75. The summed E-state index contributed by atoms with van der Waals surface area (Å²) in [6.07, 6.45) is 3.09. The van der Waals surface area contributed by atoms with Crippen LogP contribution >= 0.6 is 0 Å². The van der Waals surface area contributed by atoms with Crippen LogP contribution in [-0.4, -0.2) is 17.6 Å². The summed E-state index contributed by atoms with van der Waals surface area (Å²) in [5, 5.41) is 3.35. The molecule has 110 valence electrons. The highest BCUT2D eigenvalue weighted by Crippen LogP contribution is 2.38. The number of nitrogens with zero attached hydrogens (tertiary/aromatic N) is 2. The Hall–Kier alpha value is -1.87. The van der Waals surface area contributed by atoms with Gasteiger partial charge in [0.25, 0.3) is 0 Å². The molecule has 1 aromatic heterocycles. The van der Waals surface area contributed by atoms with Crippen LogP contribution in [-0.2, 0) is 13.0 Å². The molecule has 21 heavy (non-hydrogen) atoms. The quantitative estimate of drug-likeness (QED) is 0.928. The number of fused-ring (bicyclic) bond motifs is 1. The van der Waals surface area contributed by atoms with Crippen LogP contribution in [0.5, 0.6) is 0 Å². The Balaban J connectivity index is 1.94. The number of hydrogen-bond acceptors (Lipinski definition) is 3. The van der Waals surface area contributed by atoms with E-state index < -0.39 is 0 Å². The number of nitrogens with one attached hydrogen (secondary N) is 1. The lowest BCUT2D eigenvalue weighted by Crippen LogP contribution is -2.25. The molecule has 2 aromatic rings. The van der Waals surface area contributed by atoms with Crippen molar-refractivity contribution >= 4 is 11.5 Å². The smallest absolute Gasteiger partial charge is 0.136 e. The third-order valence-corrected chi connectivity index (χ3v) is 4.12. The molecule has 1 unspecified atom stereocenters. The number of aryl methyl sites for hydroxylation is 1. The van der Waals surface area contributed by atoms with Crippen molar-refractivity contribution in [2.24, 2.45) is 0 Å². The van der Waals surface area contributed by atoms with Crippen LogP contribution in [0.1, 0.15) is 30.5 Å². The molecule has 3 nitrogen and oxygen atoms in total. The van der Waals surface area contributed by atoms with Crippen LogP contribution in [0, 0.1) is 6.92 Å². The summed E-state index contributed by atoms with van der Waals surface area (Å²) < 4.78 is 0. The van der Waals surface area contributed by atoms with Gasteiger partial charge in [0.05, 0.1) is 0 Å². The van der Waals surface area contributed by atoms with Gasteiger partial charge in [-0.3, -0.25) is 0 Å². The molecule has 3 heteroatoms. The second-order valence-electron chi connectivity index (χ2n) is 5.82.